The van der Waals surface area contributed by atoms with Crippen LogP contribution in [0.25, 0.3) is 11.2 Å². The van der Waals surface area contributed by atoms with Crippen LogP contribution in [0.2, 0.25) is 0 Å². The fourth-order valence-electron chi connectivity index (χ4n) is 4.04. The molecule has 0 saturated carbocycles. The van der Waals surface area contributed by atoms with Gasteiger partial charge in [-0.25, -0.2) is 15.0 Å². The number of imidazole rings is 1. The van der Waals surface area contributed by atoms with Gasteiger partial charge in [0.05, 0.1) is 32.1 Å². The molecule has 0 bridgehead atoms. The minimum atomic E-state index is -1.18. The van der Waals surface area contributed by atoms with Gasteiger partial charge in [-0.3, -0.25) is 9.36 Å². The first-order valence-corrected chi connectivity index (χ1v) is 10.8. The van der Waals surface area contributed by atoms with Gasteiger partial charge in [0.15, 0.2) is 23.2 Å². The lowest BCUT2D eigenvalue weighted by atomic mass is 10.0. The van der Waals surface area contributed by atoms with Crippen LogP contribution in [0.1, 0.15) is 11.8 Å². The van der Waals surface area contributed by atoms with Crippen molar-refractivity contribution in [3.8, 4) is 5.75 Å². The maximum atomic E-state index is 12.8. The molecular weight excluding hydrogens is 442 g/mol. The van der Waals surface area contributed by atoms with Gasteiger partial charge in [-0.15, -0.1) is 0 Å². The van der Waals surface area contributed by atoms with Crippen LogP contribution in [0.4, 0.5) is 5.82 Å². The second-order valence-electron chi connectivity index (χ2n) is 8.35. The molecule has 5 atom stereocenters. The summed E-state index contributed by atoms with van der Waals surface area (Å²) in [5.41, 5.74) is 7.98. The molecule has 2 unspecified atom stereocenters. The van der Waals surface area contributed by atoms with Gasteiger partial charge in [0.2, 0.25) is 5.91 Å². The van der Waals surface area contributed by atoms with E-state index in [-0.39, 0.29) is 0 Å². The molecule has 0 radical (unpaired) electrons. The van der Waals surface area contributed by atoms with Crippen molar-refractivity contribution in [3.63, 3.8) is 0 Å². The Bertz CT molecular complexity index is 1140. The Morgan fingerprint density at radius 3 is 2.68 bits per heavy atom. The predicted octanol–water partition coefficient (Wildman–Crippen LogP) is -0.794. The van der Waals surface area contributed by atoms with Crippen molar-refractivity contribution in [3.05, 3.63) is 42.5 Å². The van der Waals surface area contributed by atoms with E-state index in [0.717, 1.165) is 5.56 Å². The minimum Gasteiger partial charge on any atom is -0.497 e. The maximum Gasteiger partial charge on any atom is 0.237 e. The summed E-state index contributed by atoms with van der Waals surface area (Å²) in [5.74, 6) is 0.861. The molecule has 0 spiro atoms. The predicted molar refractivity (Wildman–Crippen MR) is 123 cm³/mol. The molecule has 1 saturated heterocycles. The van der Waals surface area contributed by atoms with Gasteiger partial charge < -0.3 is 35.6 Å². The van der Waals surface area contributed by atoms with E-state index in [9.17, 15) is 15.0 Å². The molecule has 12 nitrogen and oxygen atoms in total. The molecule has 2 aromatic heterocycles. The number of aliphatic hydroxyl groups is 2. The van der Waals surface area contributed by atoms with Crippen LogP contribution in [-0.4, -0.2) is 87.7 Å². The van der Waals surface area contributed by atoms with Crippen LogP contribution in [-0.2, 0) is 16.0 Å². The van der Waals surface area contributed by atoms with Crippen molar-refractivity contribution in [1.29, 1.82) is 0 Å². The zero-order valence-corrected chi connectivity index (χ0v) is 19.2. The summed E-state index contributed by atoms with van der Waals surface area (Å²) in [4.78, 5) is 27.5. The lowest BCUT2D eigenvalue weighted by molar-refractivity contribution is -0.124. The lowest BCUT2D eigenvalue weighted by Gasteiger charge is -2.23. The maximum absolute atomic E-state index is 12.8. The topological polar surface area (TPSA) is 161 Å². The first-order valence-electron chi connectivity index (χ1n) is 10.8. The number of nitrogens with two attached hydrogens (primary N) is 1. The van der Waals surface area contributed by atoms with Crippen LogP contribution in [0.15, 0.2) is 36.9 Å². The van der Waals surface area contributed by atoms with Crippen molar-refractivity contribution >= 4 is 22.9 Å². The normalized spacial score (nSPS) is 23.1. The Morgan fingerprint density at radius 2 is 2.03 bits per heavy atom. The highest BCUT2D eigenvalue weighted by Crippen LogP contribution is 2.32. The zero-order valence-electron chi connectivity index (χ0n) is 19.2. The van der Waals surface area contributed by atoms with E-state index in [2.05, 4.69) is 20.3 Å². The highest BCUT2D eigenvalue weighted by atomic mass is 16.5. The van der Waals surface area contributed by atoms with E-state index in [1.807, 2.05) is 26.2 Å². The number of methoxy groups -OCH3 is 1. The van der Waals surface area contributed by atoms with Gasteiger partial charge in [0.25, 0.3) is 0 Å². The smallest absolute Gasteiger partial charge is 0.237 e. The molecule has 34 heavy (non-hydrogen) atoms. The second kappa shape index (κ2) is 9.89. The van der Waals surface area contributed by atoms with Gasteiger partial charge >= 0.3 is 0 Å². The van der Waals surface area contributed by atoms with Crippen LogP contribution in [0.3, 0.4) is 0 Å². The Hall–Kier alpha value is -3.32. The summed E-state index contributed by atoms with van der Waals surface area (Å²) in [6.07, 6.45) is 0.250. The molecule has 1 aromatic carbocycles. The number of aromatic nitrogens is 4. The number of fused-ring (bicyclic) bond motifs is 1. The number of nitrogens with one attached hydrogen (secondary N) is 1. The highest BCUT2D eigenvalue weighted by molar-refractivity contribution is 5.83. The second-order valence-corrected chi connectivity index (χ2v) is 8.35. The van der Waals surface area contributed by atoms with Crippen LogP contribution >= 0.6 is 0 Å². The van der Waals surface area contributed by atoms with Crippen LogP contribution in [0.5, 0.6) is 5.75 Å². The van der Waals surface area contributed by atoms with E-state index < -0.39 is 43.0 Å². The fraction of sp³-hybridized carbons (Fsp3) is 0.455. The molecule has 3 aromatic rings. The summed E-state index contributed by atoms with van der Waals surface area (Å²) < 4.78 is 12.6. The number of carbonyl (C=O) groups excluding carboxylic acids is 1. The standard InChI is InChI=1S/C22H29N7O5/c1-28(2)19-17-20(25-10-24-19)29(11-26-17)22-18(31)16(15(9-30)34-22)27-21(32)14(23)8-12-4-6-13(33-3)7-5-12/h4-7,10-11,14-16,18,22,30-31H,8-9,23H2,1-3H3,(H,27,32)/t14?,15-,16?,18-,22-/m1/s1. The average molecular weight is 472 g/mol. The number of carbonyl (C=O) groups is 1. The van der Waals surface area contributed by atoms with Gasteiger partial charge in [0, 0.05) is 14.1 Å². The zero-order chi connectivity index (χ0) is 24.4. The van der Waals surface area contributed by atoms with E-state index in [1.165, 1.54) is 12.7 Å². The molecule has 3 heterocycles. The van der Waals surface area contributed by atoms with Gasteiger partial charge in [-0.1, -0.05) is 12.1 Å². The number of nitrogens with zero attached hydrogens (tertiary/aromatic N) is 5. The number of benzene rings is 1. The summed E-state index contributed by atoms with van der Waals surface area (Å²) in [7, 11) is 5.25. The molecule has 1 aliphatic rings. The highest BCUT2D eigenvalue weighted by Gasteiger charge is 2.46. The third kappa shape index (κ3) is 4.53. The fourth-order valence-corrected chi connectivity index (χ4v) is 4.04. The largest absolute Gasteiger partial charge is 0.497 e. The Morgan fingerprint density at radius 1 is 1.29 bits per heavy atom. The van der Waals surface area contributed by atoms with Gasteiger partial charge in [-0.05, 0) is 24.1 Å². The molecule has 5 N–H and O–H groups in total. The molecule has 4 rings (SSSR count). The van der Waals surface area contributed by atoms with Crippen molar-refractivity contribution < 1.29 is 24.5 Å². The molecule has 0 aliphatic carbocycles. The first kappa shape index (κ1) is 23.8. The van der Waals surface area contributed by atoms with E-state index in [1.54, 1.807) is 28.7 Å². The Kier molecular flexibility index (Phi) is 6.93. The van der Waals surface area contributed by atoms with Crippen molar-refractivity contribution in [2.75, 3.05) is 32.7 Å². The number of aliphatic hydroxyl groups excluding tert-OH is 2. The number of hydrogen-bond acceptors (Lipinski definition) is 10. The molecule has 12 heteroatoms. The van der Waals surface area contributed by atoms with E-state index in [0.29, 0.717) is 29.2 Å². The quantitative estimate of drug-likeness (QED) is 0.328. The van der Waals surface area contributed by atoms with Crippen molar-refractivity contribution in [2.45, 2.75) is 36.9 Å². The van der Waals surface area contributed by atoms with Crippen molar-refractivity contribution in [2.24, 2.45) is 5.73 Å². The van der Waals surface area contributed by atoms with Crippen molar-refractivity contribution in [1.82, 2.24) is 24.8 Å². The Balaban J connectivity index is 1.49. The number of rotatable bonds is 8. The third-order valence-corrected chi connectivity index (χ3v) is 5.85. The Labute approximate surface area is 196 Å². The van der Waals surface area contributed by atoms with Crippen LogP contribution in [0, 0.1) is 0 Å². The number of hydrogen-bond donors (Lipinski definition) is 4. The number of anilines is 1. The molecule has 1 amide bonds. The number of amides is 1. The summed E-state index contributed by atoms with van der Waals surface area (Å²) in [5, 5.41) is 23.6. The SMILES string of the molecule is COc1ccc(CC(N)C(=O)NC2[C@@H](O)[C@H](n3cnc4c(N(C)C)ncnc43)O[C@@H]2CO)cc1. The summed E-state index contributed by atoms with van der Waals surface area (Å²) >= 11 is 0. The molecule has 182 valence electrons. The first-order chi connectivity index (χ1) is 16.3. The van der Waals surface area contributed by atoms with Gasteiger partial charge in [-0.2, -0.15) is 0 Å². The molecule has 1 fully saturated rings. The minimum absolute atomic E-state index is 0.295. The summed E-state index contributed by atoms with van der Waals surface area (Å²) in [6, 6.07) is 5.52. The van der Waals surface area contributed by atoms with E-state index in [4.69, 9.17) is 15.2 Å². The van der Waals surface area contributed by atoms with Gasteiger partial charge in [0.1, 0.15) is 24.3 Å². The van der Waals surface area contributed by atoms with E-state index >= 15 is 0 Å². The molecule has 1 aliphatic heterocycles. The monoisotopic (exact) mass is 471 g/mol. The summed E-state index contributed by atoms with van der Waals surface area (Å²) in [6.45, 7) is -0.406. The average Bonchev–Trinajstić information content (AvgIpc) is 3.40. The lowest BCUT2D eigenvalue weighted by Crippen LogP contribution is -2.53. The van der Waals surface area contributed by atoms with Crippen LogP contribution < -0.4 is 20.7 Å². The molecular formula is C22H29N7O5. The number of ether oxygens (including phenoxy) is 2. The third-order valence-electron chi connectivity index (χ3n) is 5.85.